The number of phenolic OH excluding ortho intramolecular Hbond substituents is 1. The van der Waals surface area contributed by atoms with E-state index in [4.69, 9.17) is 0 Å². The summed E-state index contributed by atoms with van der Waals surface area (Å²) in [6, 6.07) is 14.2. The highest BCUT2D eigenvalue weighted by Gasteiger charge is 2.33. The number of piperidine rings is 1. The largest absolute Gasteiger partial charge is 0.508 e. The van der Waals surface area contributed by atoms with E-state index in [2.05, 4.69) is 48.0 Å². The maximum Gasteiger partial charge on any atom is 0.153 e. The van der Waals surface area contributed by atoms with Crippen molar-refractivity contribution in [1.82, 2.24) is 9.88 Å². The van der Waals surface area contributed by atoms with Crippen LogP contribution in [0.5, 0.6) is 5.75 Å². The lowest BCUT2D eigenvalue weighted by molar-refractivity contribution is 0.0829. The number of thiazole rings is 1. The Bertz CT molecular complexity index is 899. The maximum absolute atomic E-state index is 14.1. The van der Waals surface area contributed by atoms with Crippen molar-refractivity contribution in [2.45, 2.75) is 51.2 Å². The van der Waals surface area contributed by atoms with Crippen LogP contribution in [0.4, 0.5) is 4.39 Å². The summed E-state index contributed by atoms with van der Waals surface area (Å²) in [5, 5.41) is 10.6. The second-order valence-electron chi connectivity index (χ2n) is 7.35. The average molecular weight is 370 g/mol. The first-order valence-corrected chi connectivity index (χ1v) is 9.91. The standard InChI is InChI=1S/C21H23FN2OS/c1-13-8-16(9-14(2)24(13)12-15-6-4-3-5-7-15)21-23-20-18(22)10-17(25)11-19(20)26-21/h3-7,10-11,13-14,16,25H,8-9,12H2,1-2H3/t13-,14+,16?. The second kappa shape index (κ2) is 6.97. The van der Waals surface area contributed by atoms with Crippen molar-refractivity contribution >= 4 is 21.6 Å². The quantitative estimate of drug-likeness (QED) is 0.680. The van der Waals surface area contributed by atoms with Crippen molar-refractivity contribution < 1.29 is 9.50 Å². The van der Waals surface area contributed by atoms with E-state index in [0.717, 1.165) is 35.2 Å². The van der Waals surface area contributed by atoms with Gasteiger partial charge in [-0.15, -0.1) is 11.3 Å². The molecule has 4 rings (SSSR count). The Morgan fingerprint density at radius 1 is 1.15 bits per heavy atom. The zero-order chi connectivity index (χ0) is 18.3. The van der Waals surface area contributed by atoms with Gasteiger partial charge in [0, 0.05) is 30.6 Å². The first-order chi connectivity index (χ1) is 12.5. The van der Waals surface area contributed by atoms with Crippen molar-refractivity contribution in [1.29, 1.82) is 0 Å². The average Bonchev–Trinajstić information content (AvgIpc) is 3.03. The molecule has 0 radical (unpaired) electrons. The normalized spacial score (nSPS) is 24.2. The Labute approximate surface area is 157 Å². The molecule has 5 heteroatoms. The van der Waals surface area contributed by atoms with E-state index in [9.17, 15) is 9.50 Å². The minimum atomic E-state index is -0.440. The molecule has 0 aliphatic carbocycles. The van der Waals surface area contributed by atoms with Crippen LogP contribution in [0.3, 0.4) is 0 Å². The van der Waals surface area contributed by atoms with Crippen LogP contribution >= 0.6 is 11.3 Å². The van der Waals surface area contributed by atoms with Crippen LogP contribution < -0.4 is 0 Å². The van der Waals surface area contributed by atoms with Gasteiger partial charge in [0.05, 0.1) is 9.71 Å². The fourth-order valence-corrected chi connectivity index (χ4v) is 5.24. The third-order valence-corrected chi connectivity index (χ3v) is 6.56. The van der Waals surface area contributed by atoms with Crippen LogP contribution in [0.1, 0.15) is 43.2 Å². The van der Waals surface area contributed by atoms with Crippen LogP contribution in [-0.2, 0) is 6.54 Å². The van der Waals surface area contributed by atoms with Gasteiger partial charge in [0.1, 0.15) is 11.3 Å². The summed E-state index contributed by atoms with van der Waals surface area (Å²) < 4.78 is 14.8. The minimum absolute atomic E-state index is 0.0374. The lowest BCUT2D eigenvalue weighted by Crippen LogP contribution is -2.45. The van der Waals surface area contributed by atoms with Crippen LogP contribution in [0.25, 0.3) is 10.2 Å². The predicted molar refractivity (Wildman–Crippen MR) is 104 cm³/mol. The monoisotopic (exact) mass is 370 g/mol. The predicted octanol–water partition coefficient (Wildman–Crippen LogP) is 5.30. The number of fused-ring (bicyclic) bond motifs is 1. The molecule has 3 nitrogen and oxygen atoms in total. The molecule has 1 fully saturated rings. The minimum Gasteiger partial charge on any atom is -0.508 e. The topological polar surface area (TPSA) is 36.4 Å². The molecule has 0 amide bonds. The number of hydrogen-bond acceptors (Lipinski definition) is 4. The van der Waals surface area contributed by atoms with E-state index in [0.29, 0.717) is 23.5 Å². The molecule has 1 N–H and O–H groups in total. The highest BCUT2D eigenvalue weighted by atomic mass is 32.1. The number of aromatic nitrogens is 1. The van der Waals surface area contributed by atoms with Crippen LogP contribution in [0.2, 0.25) is 0 Å². The molecule has 1 aliphatic rings. The van der Waals surface area contributed by atoms with Crippen LogP contribution in [0.15, 0.2) is 42.5 Å². The van der Waals surface area contributed by atoms with Gasteiger partial charge in [-0.05, 0) is 38.3 Å². The number of benzene rings is 2. The van der Waals surface area contributed by atoms with E-state index < -0.39 is 5.82 Å². The van der Waals surface area contributed by atoms with E-state index in [1.54, 1.807) is 6.07 Å². The molecular weight excluding hydrogens is 347 g/mol. The molecule has 2 aromatic carbocycles. The molecular formula is C21H23FN2OS. The smallest absolute Gasteiger partial charge is 0.153 e. The number of rotatable bonds is 3. The summed E-state index contributed by atoms with van der Waals surface area (Å²) >= 11 is 1.51. The number of likely N-dealkylation sites (tertiary alicyclic amines) is 1. The summed E-state index contributed by atoms with van der Waals surface area (Å²) in [4.78, 5) is 7.12. The number of halogens is 1. The van der Waals surface area contributed by atoms with Gasteiger partial charge in [-0.2, -0.15) is 0 Å². The Hall–Kier alpha value is -1.98. The zero-order valence-corrected chi connectivity index (χ0v) is 15.8. The van der Waals surface area contributed by atoms with Gasteiger partial charge in [0.2, 0.25) is 0 Å². The van der Waals surface area contributed by atoms with Gasteiger partial charge in [-0.1, -0.05) is 30.3 Å². The summed E-state index contributed by atoms with van der Waals surface area (Å²) in [6.07, 6.45) is 2.04. The maximum atomic E-state index is 14.1. The fraction of sp³-hybridized carbons (Fsp3) is 0.381. The first-order valence-electron chi connectivity index (χ1n) is 9.10. The first kappa shape index (κ1) is 17.4. The number of aromatic hydroxyl groups is 1. The number of hydrogen-bond donors (Lipinski definition) is 1. The summed E-state index contributed by atoms with van der Waals surface area (Å²) in [7, 11) is 0. The summed E-state index contributed by atoms with van der Waals surface area (Å²) in [6.45, 7) is 5.49. The number of phenols is 1. The van der Waals surface area contributed by atoms with E-state index in [1.165, 1.54) is 16.9 Å². The van der Waals surface area contributed by atoms with Gasteiger partial charge in [-0.25, -0.2) is 9.37 Å². The fourth-order valence-electron chi connectivity index (χ4n) is 4.10. The molecule has 1 aromatic heterocycles. The molecule has 1 unspecified atom stereocenters. The molecule has 0 saturated carbocycles. The van der Waals surface area contributed by atoms with Gasteiger partial charge in [0.25, 0.3) is 0 Å². The van der Waals surface area contributed by atoms with E-state index in [-0.39, 0.29) is 5.75 Å². The molecule has 1 saturated heterocycles. The molecule has 3 aromatic rings. The molecule has 2 heterocycles. The van der Waals surface area contributed by atoms with Gasteiger partial charge in [-0.3, -0.25) is 4.90 Å². The van der Waals surface area contributed by atoms with Crippen LogP contribution in [0, 0.1) is 5.82 Å². The third-order valence-electron chi connectivity index (χ3n) is 5.39. The second-order valence-corrected chi connectivity index (χ2v) is 8.41. The lowest BCUT2D eigenvalue weighted by Gasteiger charge is -2.42. The van der Waals surface area contributed by atoms with Gasteiger partial charge in [0.15, 0.2) is 5.82 Å². The third kappa shape index (κ3) is 3.33. The van der Waals surface area contributed by atoms with Crippen molar-refractivity contribution in [3.63, 3.8) is 0 Å². The van der Waals surface area contributed by atoms with E-state index >= 15 is 0 Å². The Morgan fingerprint density at radius 3 is 2.54 bits per heavy atom. The zero-order valence-electron chi connectivity index (χ0n) is 15.0. The van der Waals surface area contributed by atoms with Gasteiger partial charge >= 0.3 is 0 Å². The van der Waals surface area contributed by atoms with Gasteiger partial charge < -0.3 is 5.11 Å². The van der Waals surface area contributed by atoms with Crippen molar-refractivity contribution in [3.8, 4) is 5.75 Å². The molecule has 3 atom stereocenters. The van der Waals surface area contributed by atoms with Crippen molar-refractivity contribution in [2.24, 2.45) is 0 Å². The van der Waals surface area contributed by atoms with Crippen LogP contribution in [-0.4, -0.2) is 27.1 Å². The molecule has 1 aliphatic heterocycles. The van der Waals surface area contributed by atoms with E-state index in [1.807, 2.05) is 6.07 Å². The summed E-state index contributed by atoms with van der Waals surface area (Å²) in [5.74, 6) is -0.138. The van der Waals surface area contributed by atoms with Crippen molar-refractivity contribution in [3.05, 3.63) is 58.9 Å². The molecule has 26 heavy (non-hydrogen) atoms. The molecule has 136 valence electrons. The van der Waals surface area contributed by atoms with Crippen molar-refractivity contribution in [2.75, 3.05) is 0 Å². The summed E-state index contributed by atoms with van der Waals surface area (Å²) in [5.41, 5.74) is 1.72. The Morgan fingerprint density at radius 2 is 1.85 bits per heavy atom. The highest BCUT2D eigenvalue weighted by Crippen LogP contribution is 2.40. The lowest BCUT2D eigenvalue weighted by atomic mass is 9.87. The molecule has 0 spiro atoms. The Kier molecular flexibility index (Phi) is 4.67. The highest BCUT2D eigenvalue weighted by molar-refractivity contribution is 7.18. The SMILES string of the molecule is C[C@@H]1CC(c2nc3c(F)cc(O)cc3s2)C[C@H](C)N1Cc1ccccc1. The number of nitrogens with zero attached hydrogens (tertiary/aromatic N) is 2. The Balaban J connectivity index is 1.55. The molecule has 0 bridgehead atoms.